The van der Waals surface area contributed by atoms with Crippen molar-refractivity contribution in [1.29, 1.82) is 0 Å². The van der Waals surface area contributed by atoms with Crippen molar-refractivity contribution in [2.45, 2.75) is 39.4 Å². The number of aryl methyl sites for hydroxylation is 1. The molecule has 0 saturated heterocycles. The predicted octanol–water partition coefficient (Wildman–Crippen LogP) is 5.82. The molecule has 2 rings (SSSR count). The zero-order chi connectivity index (χ0) is 20.2. The molecule has 0 bridgehead atoms. The lowest BCUT2D eigenvalue weighted by Crippen LogP contribution is -2.16. The number of benzene rings is 2. The third-order valence-corrected chi connectivity index (χ3v) is 4.45. The largest absolute Gasteiger partial charge is 0.206 e. The summed E-state index contributed by atoms with van der Waals surface area (Å²) in [6.07, 6.45) is 1.31. The maximum absolute atomic E-state index is 14.2. The first kappa shape index (κ1) is 20.8. The van der Waals surface area contributed by atoms with Crippen LogP contribution in [0.5, 0.6) is 0 Å². The molecule has 2 aromatic rings. The first-order valence-corrected chi connectivity index (χ1v) is 12.1. The maximum Gasteiger partial charge on any atom is 0.143 e. The first-order valence-electron chi connectivity index (χ1n) is 8.63. The molecule has 2 aromatic carbocycles. The molecule has 140 valence electrons. The fourth-order valence-electron chi connectivity index (χ4n) is 2.33. The molecule has 0 N–H and O–H groups in total. The van der Waals surface area contributed by atoms with E-state index in [9.17, 15) is 17.6 Å². The number of hydrogen-bond donors (Lipinski definition) is 0. The molecule has 0 aromatic heterocycles. The molecule has 0 nitrogen and oxygen atoms in total. The van der Waals surface area contributed by atoms with E-state index in [1.54, 1.807) is 0 Å². The van der Waals surface area contributed by atoms with Crippen molar-refractivity contribution in [3.05, 3.63) is 69.8 Å². The first-order chi connectivity index (χ1) is 12.6. The lowest BCUT2D eigenvalue weighted by molar-refractivity contribution is 0.573. The van der Waals surface area contributed by atoms with Gasteiger partial charge < -0.3 is 0 Å². The van der Waals surface area contributed by atoms with Gasteiger partial charge in [0.05, 0.1) is 11.1 Å². The van der Waals surface area contributed by atoms with E-state index in [4.69, 9.17) is 0 Å². The molecule has 0 unspecified atom stereocenters. The molecule has 27 heavy (non-hydrogen) atoms. The third-order valence-electron chi connectivity index (χ3n) is 3.58. The summed E-state index contributed by atoms with van der Waals surface area (Å²) in [6, 6.07) is 4.50. The number of halogens is 4. The van der Waals surface area contributed by atoms with Crippen LogP contribution in [0, 0.1) is 46.6 Å². The highest BCUT2D eigenvalue weighted by atomic mass is 28.3. The molecule has 0 heterocycles. The van der Waals surface area contributed by atoms with Gasteiger partial charge in [-0.15, -0.1) is 5.54 Å². The van der Waals surface area contributed by atoms with Gasteiger partial charge in [-0.25, -0.2) is 17.6 Å². The zero-order valence-corrected chi connectivity index (χ0v) is 16.7. The number of rotatable bonds is 2. The number of hydrogen-bond acceptors (Lipinski definition) is 0. The predicted molar refractivity (Wildman–Crippen MR) is 103 cm³/mol. The molecule has 0 fully saturated rings. The molecule has 5 heteroatoms. The second-order valence-corrected chi connectivity index (χ2v) is 12.0. The van der Waals surface area contributed by atoms with Gasteiger partial charge in [0.15, 0.2) is 0 Å². The zero-order valence-electron chi connectivity index (χ0n) is 15.7. The van der Waals surface area contributed by atoms with Crippen LogP contribution in [0.1, 0.15) is 35.6 Å². The van der Waals surface area contributed by atoms with Crippen LogP contribution in [0.2, 0.25) is 19.6 Å². The van der Waals surface area contributed by atoms with Crippen molar-refractivity contribution in [2.75, 3.05) is 0 Å². The summed E-state index contributed by atoms with van der Waals surface area (Å²) in [5.74, 6) is 4.05. The molecule has 0 aliphatic carbocycles. The smallest absolute Gasteiger partial charge is 0.143 e. The van der Waals surface area contributed by atoms with E-state index in [1.807, 2.05) is 26.6 Å². The topological polar surface area (TPSA) is 0 Å². The molecule has 0 aliphatic rings. The van der Waals surface area contributed by atoms with Gasteiger partial charge in [0.1, 0.15) is 31.3 Å². The van der Waals surface area contributed by atoms with Crippen LogP contribution in [0.4, 0.5) is 17.6 Å². The highest BCUT2D eigenvalue weighted by Crippen LogP contribution is 2.17. The highest BCUT2D eigenvalue weighted by molar-refractivity contribution is 6.83. The minimum Gasteiger partial charge on any atom is -0.206 e. The standard InChI is InChI=1S/C22H20F4Si/c1-5-6-15-11-19(23)17(20(24)12-15)8-7-16-13-21(25)18(22(26)14-16)9-10-27(2,3)4/h11-14H,5-6H2,1-4H3. The summed E-state index contributed by atoms with van der Waals surface area (Å²) in [7, 11) is -1.79. The lowest BCUT2D eigenvalue weighted by atomic mass is 10.1. The molecular weight excluding hydrogens is 368 g/mol. The average molecular weight is 388 g/mol. The average Bonchev–Trinajstić information content (AvgIpc) is 2.52. The minimum atomic E-state index is -1.79. The summed E-state index contributed by atoms with van der Waals surface area (Å²) in [6.45, 7) is 7.80. The fraction of sp³-hybridized carbons (Fsp3) is 0.273. The van der Waals surface area contributed by atoms with E-state index in [0.717, 1.165) is 18.6 Å². The summed E-state index contributed by atoms with van der Waals surface area (Å²) >= 11 is 0. The van der Waals surface area contributed by atoms with Crippen molar-refractivity contribution in [2.24, 2.45) is 0 Å². The van der Waals surface area contributed by atoms with E-state index < -0.39 is 36.9 Å². The Labute approximate surface area is 158 Å². The Morgan fingerprint density at radius 2 is 1.22 bits per heavy atom. The molecule has 0 aliphatic heterocycles. The molecule has 0 amide bonds. The SMILES string of the molecule is CCCc1cc(F)c(C#Cc2cc(F)c(C#C[Si](C)(C)C)c(F)c2)c(F)c1. The Morgan fingerprint density at radius 1 is 0.741 bits per heavy atom. The van der Waals surface area contributed by atoms with E-state index in [-0.39, 0.29) is 11.1 Å². The van der Waals surface area contributed by atoms with Gasteiger partial charge in [-0.2, -0.15) is 0 Å². The Morgan fingerprint density at radius 3 is 1.70 bits per heavy atom. The van der Waals surface area contributed by atoms with E-state index in [0.29, 0.717) is 12.0 Å². The second-order valence-electron chi connectivity index (χ2n) is 7.25. The van der Waals surface area contributed by atoms with Gasteiger partial charge in [-0.05, 0) is 36.2 Å². The van der Waals surface area contributed by atoms with Crippen LogP contribution in [0.3, 0.4) is 0 Å². The quantitative estimate of drug-likeness (QED) is 0.345. The van der Waals surface area contributed by atoms with Crippen molar-refractivity contribution < 1.29 is 17.6 Å². The summed E-state index contributed by atoms with van der Waals surface area (Å²) < 4.78 is 56.5. The van der Waals surface area contributed by atoms with Crippen LogP contribution in [-0.4, -0.2) is 8.07 Å². The van der Waals surface area contributed by atoms with Gasteiger partial charge in [0.25, 0.3) is 0 Å². The Kier molecular flexibility index (Phi) is 6.52. The van der Waals surface area contributed by atoms with Crippen molar-refractivity contribution in [3.63, 3.8) is 0 Å². The van der Waals surface area contributed by atoms with Crippen molar-refractivity contribution in [1.82, 2.24) is 0 Å². The Balaban J connectivity index is 2.39. The molecular formula is C22H20F4Si. The van der Waals surface area contributed by atoms with Crippen LogP contribution < -0.4 is 0 Å². The minimum absolute atomic E-state index is 0.0139. The third kappa shape index (κ3) is 5.74. The van der Waals surface area contributed by atoms with Gasteiger partial charge in [-0.3, -0.25) is 0 Å². The summed E-state index contributed by atoms with van der Waals surface area (Å²) in [4.78, 5) is 0. The van der Waals surface area contributed by atoms with E-state index >= 15 is 0 Å². The summed E-state index contributed by atoms with van der Waals surface area (Å²) in [5, 5.41) is 0. The fourth-order valence-corrected chi connectivity index (χ4v) is 2.83. The Bertz CT molecular complexity index is 933. The highest BCUT2D eigenvalue weighted by Gasteiger charge is 2.12. The van der Waals surface area contributed by atoms with Crippen LogP contribution >= 0.6 is 0 Å². The van der Waals surface area contributed by atoms with Crippen LogP contribution in [-0.2, 0) is 6.42 Å². The maximum atomic E-state index is 14.2. The molecule has 0 atom stereocenters. The van der Waals surface area contributed by atoms with Crippen LogP contribution in [0.15, 0.2) is 24.3 Å². The van der Waals surface area contributed by atoms with Crippen molar-refractivity contribution in [3.8, 4) is 23.3 Å². The molecule has 0 radical (unpaired) electrons. The van der Waals surface area contributed by atoms with Crippen molar-refractivity contribution >= 4 is 8.07 Å². The van der Waals surface area contributed by atoms with Crippen LogP contribution in [0.25, 0.3) is 0 Å². The Hall–Kier alpha value is -2.50. The van der Waals surface area contributed by atoms with Gasteiger partial charge in [0.2, 0.25) is 0 Å². The van der Waals surface area contributed by atoms with Gasteiger partial charge in [-0.1, -0.05) is 50.7 Å². The second kappa shape index (κ2) is 8.46. The van der Waals surface area contributed by atoms with Gasteiger partial charge >= 0.3 is 0 Å². The molecule has 0 spiro atoms. The summed E-state index contributed by atoms with van der Waals surface area (Å²) in [5.41, 5.74) is 2.70. The van der Waals surface area contributed by atoms with Gasteiger partial charge in [0, 0.05) is 5.56 Å². The van der Waals surface area contributed by atoms with E-state index in [1.165, 1.54) is 12.1 Å². The lowest BCUT2D eigenvalue weighted by Gasteiger charge is -2.04. The normalized spacial score (nSPS) is 10.7. The monoisotopic (exact) mass is 388 g/mol. The molecule has 0 saturated carbocycles. The van der Waals surface area contributed by atoms with E-state index in [2.05, 4.69) is 23.3 Å².